The lowest BCUT2D eigenvalue weighted by molar-refractivity contribution is 0.102. The van der Waals surface area contributed by atoms with E-state index in [0.29, 0.717) is 23.9 Å². The molecule has 8 nitrogen and oxygen atoms in total. The number of morpholine rings is 1. The van der Waals surface area contributed by atoms with Crippen molar-refractivity contribution in [1.29, 1.82) is 0 Å². The summed E-state index contributed by atoms with van der Waals surface area (Å²) in [7, 11) is 1.43. The number of phenols is 1. The van der Waals surface area contributed by atoms with Gasteiger partial charge in [0, 0.05) is 18.7 Å². The van der Waals surface area contributed by atoms with Crippen LogP contribution in [0.1, 0.15) is 10.4 Å². The molecule has 0 radical (unpaired) electrons. The number of nitrogens with one attached hydrogen (secondary N) is 1. The lowest BCUT2D eigenvalue weighted by Crippen LogP contribution is -2.36. The maximum absolute atomic E-state index is 12.2. The fourth-order valence-electron chi connectivity index (χ4n) is 2.14. The first-order valence-corrected chi connectivity index (χ1v) is 7.83. The van der Waals surface area contributed by atoms with Crippen LogP contribution in [0.4, 0.5) is 10.3 Å². The molecule has 1 saturated heterocycles. The summed E-state index contributed by atoms with van der Waals surface area (Å²) < 4.78 is 10.3. The Morgan fingerprint density at radius 1 is 1.39 bits per heavy atom. The van der Waals surface area contributed by atoms with Crippen molar-refractivity contribution in [2.75, 3.05) is 43.6 Å². The molecule has 0 saturated carbocycles. The summed E-state index contributed by atoms with van der Waals surface area (Å²) in [5.74, 6) is -0.119. The summed E-state index contributed by atoms with van der Waals surface area (Å²) in [6.07, 6.45) is 0. The van der Waals surface area contributed by atoms with Crippen LogP contribution in [0.2, 0.25) is 0 Å². The molecular formula is C14H16N4O4S. The second-order valence-electron chi connectivity index (χ2n) is 4.83. The van der Waals surface area contributed by atoms with Gasteiger partial charge in [-0.25, -0.2) is 0 Å². The Morgan fingerprint density at radius 2 is 2.17 bits per heavy atom. The molecule has 0 unspecified atom stereocenters. The minimum atomic E-state index is -0.340. The van der Waals surface area contributed by atoms with Gasteiger partial charge in [0.2, 0.25) is 10.3 Å². The Bertz CT molecular complexity index is 700. The summed E-state index contributed by atoms with van der Waals surface area (Å²) >= 11 is 1.31. The second kappa shape index (κ2) is 6.80. The van der Waals surface area contributed by atoms with Crippen LogP contribution in [0, 0.1) is 0 Å². The van der Waals surface area contributed by atoms with Crippen LogP contribution < -0.4 is 15.0 Å². The molecule has 0 bridgehead atoms. The smallest absolute Gasteiger partial charge is 0.257 e. The molecule has 2 N–H and O–H groups in total. The highest BCUT2D eigenvalue weighted by Gasteiger charge is 2.17. The number of nitrogens with zero attached hydrogens (tertiary/aromatic N) is 3. The zero-order valence-electron chi connectivity index (χ0n) is 12.5. The first-order chi connectivity index (χ1) is 11.2. The highest BCUT2D eigenvalue weighted by molar-refractivity contribution is 7.19. The van der Waals surface area contributed by atoms with E-state index in [0.717, 1.165) is 18.2 Å². The normalized spacial score (nSPS) is 14.6. The molecule has 3 rings (SSSR count). The van der Waals surface area contributed by atoms with Gasteiger partial charge in [0.25, 0.3) is 5.91 Å². The van der Waals surface area contributed by atoms with Gasteiger partial charge < -0.3 is 19.5 Å². The number of hydrogen-bond donors (Lipinski definition) is 2. The van der Waals surface area contributed by atoms with E-state index in [1.54, 1.807) is 0 Å². The molecule has 1 aromatic heterocycles. The van der Waals surface area contributed by atoms with Gasteiger partial charge in [-0.3, -0.25) is 10.1 Å². The third kappa shape index (κ3) is 3.51. The first kappa shape index (κ1) is 15.5. The summed E-state index contributed by atoms with van der Waals surface area (Å²) in [6, 6.07) is 4.39. The Balaban J connectivity index is 1.69. The molecule has 0 aliphatic carbocycles. The van der Waals surface area contributed by atoms with E-state index in [1.165, 1.54) is 36.6 Å². The van der Waals surface area contributed by atoms with Crippen molar-refractivity contribution >= 4 is 27.5 Å². The van der Waals surface area contributed by atoms with Gasteiger partial charge in [0.15, 0.2) is 11.5 Å². The van der Waals surface area contributed by atoms with Crippen molar-refractivity contribution in [3.63, 3.8) is 0 Å². The lowest BCUT2D eigenvalue weighted by atomic mass is 10.2. The van der Waals surface area contributed by atoms with E-state index < -0.39 is 0 Å². The van der Waals surface area contributed by atoms with Crippen LogP contribution in [0.5, 0.6) is 11.5 Å². The summed E-state index contributed by atoms with van der Waals surface area (Å²) in [6.45, 7) is 2.85. The number of methoxy groups -OCH3 is 1. The minimum Gasteiger partial charge on any atom is -0.504 e. The average molecular weight is 336 g/mol. The number of carbonyl (C=O) groups is 1. The SMILES string of the molecule is COc1cc(C(=O)Nc2nnc(N3CCOCC3)s2)ccc1O. The standard InChI is InChI=1S/C14H16N4O4S/c1-21-11-8-9(2-3-10(11)19)12(20)15-13-16-17-14(23-13)18-4-6-22-7-5-18/h2-3,8,19H,4-7H2,1H3,(H,15,16,20). The highest BCUT2D eigenvalue weighted by Crippen LogP contribution is 2.28. The number of ether oxygens (including phenoxy) is 2. The quantitative estimate of drug-likeness (QED) is 0.869. The van der Waals surface area contributed by atoms with Crippen molar-refractivity contribution in [2.45, 2.75) is 0 Å². The number of carbonyl (C=O) groups excluding carboxylic acids is 1. The number of aromatic hydroxyl groups is 1. The van der Waals surface area contributed by atoms with Gasteiger partial charge >= 0.3 is 0 Å². The molecule has 122 valence electrons. The van der Waals surface area contributed by atoms with Crippen LogP contribution in [0.3, 0.4) is 0 Å². The van der Waals surface area contributed by atoms with Crippen molar-refractivity contribution in [3.8, 4) is 11.5 Å². The van der Waals surface area contributed by atoms with Crippen LogP contribution in [-0.4, -0.2) is 54.6 Å². The fourth-order valence-corrected chi connectivity index (χ4v) is 2.93. The topological polar surface area (TPSA) is 96.8 Å². The molecule has 1 aliphatic rings. The maximum Gasteiger partial charge on any atom is 0.257 e. The van der Waals surface area contributed by atoms with Gasteiger partial charge in [-0.2, -0.15) is 0 Å². The number of hydrogen-bond acceptors (Lipinski definition) is 8. The van der Waals surface area contributed by atoms with E-state index in [2.05, 4.69) is 20.4 Å². The second-order valence-corrected chi connectivity index (χ2v) is 5.79. The first-order valence-electron chi connectivity index (χ1n) is 7.02. The monoisotopic (exact) mass is 336 g/mol. The minimum absolute atomic E-state index is 0.0189. The molecule has 1 amide bonds. The van der Waals surface area contributed by atoms with Crippen LogP contribution in [0.15, 0.2) is 18.2 Å². The summed E-state index contributed by atoms with van der Waals surface area (Å²) in [5.41, 5.74) is 0.364. The van der Waals surface area contributed by atoms with Gasteiger partial charge in [0.1, 0.15) is 0 Å². The van der Waals surface area contributed by atoms with E-state index >= 15 is 0 Å². The van der Waals surface area contributed by atoms with Gasteiger partial charge in [-0.1, -0.05) is 11.3 Å². The number of anilines is 2. The molecule has 2 heterocycles. The van der Waals surface area contributed by atoms with Crippen LogP contribution >= 0.6 is 11.3 Å². The van der Waals surface area contributed by atoms with Gasteiger partial charge in [-0.15, -0.1) is 10.2 Å². The molecule has 0 atom stereocenters. The molecule has 0 spiro atoms. The van der Waals surface area contributed by atoms with Gasteiger partial charge in [0.05, 0.1) is 20.3 Å². The predicted molar refractivity (Wildman–Crippen MR) is 85.6 cm³/mol. The molecule has 2 aromatic rings. The van der Waals surface area contributed by atoms with Crippen molar-refractivity contribution in [3.05, 3.63) is 23.8 Å². The van der Waals surface area contributed by atoms with E-state index in [1.807, 2.05) is 0 Å². The predicted octanol–water partition coefficient (Wildman–Crippen LogP) is 1.34. The Morgan fingerprint density at radius 3 is 2.91 bits per heavy atom. The zero-order chi connectivity index (χ0) is 16.2. The van der Waals surface area contributed by atoms with E-state index in [-0.39, 0.29) is 17.4 Å². The third-order valence-corrected chi connectivity index (χ3v) is 4.26. The lowest BCUT2D eigenvalue weighted by Gasteiger charge is -2.25. The Kier molecular flexibility index (Phi) is 4.58. The van der Waals surface area contributed by atoms with E-state index in [4.69, 9.17) is 9.47 Å². The molecule has 9 heteroatoms. The number of phenolic OH excluding ortho intramolecular Hbond substituents is 1. The maximum atomic E-state index is 12.2. The average Bonchev–Trinajstić information content (AvgIpc) is 3.04. The van der Waals surface area contributed by atoms with Crippen LogP contribution in [0.25, 0.3) is 0 Å². The van der Waals surface area contributed by atoms with Gasteiger partial charge in [-0.05, 0) is 18.2 Å². The molecule has 1 aliphatic heterocycles. The van der Waals surface area contributed by atoms with Crippen molar-refractivity contribution in [2.24, 2.45) is 0 Å². The van der Waals surface area contributed by atoms with Crippen molar-refractivity contribution < 1.29 is 19.4 Å². The number of rotatable bonds is 4. The Labute approximate surface area is 136 Å². The number of aromatic nitrogens is 2. The summed E-state index contributed by atoms with van der Waals surface area (Å²) in [4.78, 5) is 14.3. The fraction of sp³-hybridized carbons (Fsp3) is 0.357. The summed E-state index contributed by atoms with van der Waals surface area (Å²) in [5, 5.41) is 21.5. The molecule has 1 fully saturated rings. The largest absolute Gasteiger partial charge is 0.504 e. The number of benzene rings is 1. The zero-order valence-corrected chi connectivity index (χ0v) is 13.3. The number of amides is 1. The third-order valence-electron chi connectivity index (χ3n) is 3.36. The van der Waals surface area contributed by atoms with Crippen molar-refractivity contribution in [1.82, 2.24) is 10.2 Å². The molecule has 1 aromatic carbocycles. The Hall–Kier alpha value is -2.39. The highest BCUT2D eigenvalue weighted by atomic mass is 32.1. The molecular weight excluding hydrogens is 320 g/mol. The molecule has 23 heavy (non-hydrogen) atoms. The van der Waals surface area contributed by atoms with E-state index in [9.17, 15) is 9.90 Å². The van der Waals surface area contributed by atoms with Crippen LogP contribution in [-0.2, 0) is 4.74 Å².